The number of aromatic hydroxyl groups is 1. The number of hydrogen-bond donors (Lipinski definition) is 2. The Hall–Kier alpha value is -1.50. The molecule has 0 aliphatic carbocycles. The predicted molar refractivity (Wildman–Crippen MR) is 67.9 cm³/mol. The van der Waals surface area contributed by atoms with Gasteiger partial charge in [-0.05, 0) is 32.0 Å². The average molecular weight is 284 g/mol. The number of halogens is 1. The number of hydrogen-bond acceptors (Lipinski definition) is 5. The number of benzene rings is 1. The summed E-state index contributed by atoms with van der Waals surface area (Å²) in [5, 5.41) is 19.5. The SMILES string of the molecule is CC1(C)OC[C@H]([C@@H](O)CC(=O)c2cc(F)ccc2O)O1. The number of aliphatic hydroxyl groups is 1. The molecule has 1 aliphatic heterocycles. The normalized spacial score (nSPS) is 22.7. The van der Waals surface area contributed by atoms with Gasteiger partial charge in [-0.2, -0.15) is 0 Å². The molecule has 2 rings (SSSR count). The van der Waals surface area contributed by atoms with Crippen molar-refractivity contribution >= 4 is 5.78 Å². The first-order valence-corrected chi connectivity index (χ1v) is 6.30. The smallest absolute Gasteiger partial charge is 0.169 e. The van der Waals surface area contributed by atoms with Gasteiger partial charge in [0.25, 0.3) is 0 Å². The molecule has 1 saturated heterocycles. The minimum atomic E-state index is -1.08. The van der Waals surface area contributed by atoms with Crippen LogP contribution in [-0.4, -0.2) is 40.6 Å². The van der Waals surface area contributed by atoms with E-state index >= 15 is 0 Å². The van der Waals surface area contributed by atoms with Gasteiger partial charge in [0, 0.05) is 6.42 Å². The van der Waals surface area contributed by atoms with E-state index in [1.807, 2.05) is 0 Å². The molecule has 5 nitrogen and oxygen atoms in total. The van der Waals surface area contributed by atoms with E-state index in [0.717, 1.165) is 18.2 Å². The summed E-state index contributed by atoms with van der Waals surface area (Å²) < 4.78 is 23.8. The molecule has 0 spiro atoms. The Morgan fingerprint density at radius 1 is 1.55 bits per heavy atom. The number of ether oxygens (including phenoxy) is 2. The molecule has 0 aromatic heterocycles. The van der Waals surface area contributed by atoms with Crippen molar-refractivity contribution in [2.24, 2.45) is 0 Å². The summed E-state index contributed by atoms with van der Waals surface area (Å²) in [7, 11) is 0. The molecule has 0 unspecified atom stereocenters. The van der Waals surface area contributed by atoms with Crippen LogP contribution < -0.4 is 0 Å². The maximum absolute atomic E-state index is 13.1. The maximum Gasteiger partial charge on any atom is 0.169 e. The lowest BCUT2D eigenvalue weighted by Gasteiger charge is -2.20. The summed E-state index contributed by atoms with van der Waals surface area (Å²) in [5.74, 6) is -2.28. The monoisotopic (exact) mass is 284 g/mol. The summed E-state index contributed by atoms with van der Waals surface area (Å²) in [6.45, 7) is 3.59. The highest BCUT2D eigenvalue weighted by molar-refractivity contribution is 5.98. The number of carbonyl (C=O) groups is 1. The van der Waals surface area contributed by atoms with E-state index < -0.39 is 29.6 Å². The molecule has 1 aromatic rings. The Balaban J connectivity index is 2.03. The van der Waals surface area contributed by atoms with E-state index in [1.54, 1.807) is 13.8 Å². The standard InChI is InChI=1S/C14H17FO5/c1-14(2)19-7-13(20-14)12(18)6-11(17)9-5-8(15)3-4-10(9)16/h3-5,12-13,16,18H,6-7H2,1-2H3/t12-,13+/m0/s1. The van der Waals surface area contributed by atoms with E-state index in [2.05, 4.69) is 0 Å². The number of rotatable bonds is 4. The van der Waals surface area contributed by atoms with Crippen LogP contribution in [0.3, 0.4) is 0 Å². The zero-order valence-corrected chi connectivity index (χ0v) is 11.3. The number of phenolic OH excluding ortho intramolecular Hbond substituents is 1. The number of carbonyl (C=O) groups excluding carboxylic acids is 1. The highest BCUT2D eigenvalue weighted by atomic mass is 19.1. The second-order valence-electron chi connectivity index (χ2n) is 5.22. The number of phenols is 1. The molecule has 1 fully saturated rings. The van der Waals surface area contributed by atoms with Crippen molar-refractivity contribution in [2.75, 3.05) is 6.61 Å². The van der Waals surface area contributed by atoms with Gasteiger partial charge in [-0.25, -0.2) is 4.39 Å². The minimum Gasteiger partial charge on any atom is -0.507 e. The lowest BCUT2D eigenvalue weighted by Crippen LogP contribution is -2.32. The number of ketones is 1. The Labute approximate surface area is 115 Å². The summed E-state index contributed by atoms with van der Waals surface area (Å²) >= 11 is 0. The van der Waals surface area contributed by atoms with E-state index in [-0.39, 0.29) is 24.3 Å². The van der Waals surface area contributed by atoms with Crippen molar-refractivity contribution in [1.82, 2.24) is 0 Å². The fourth-order valence-corrected chi connectivity index (χ4v) is 2.07. The molecule has 1 aliphatic rings. The third-order valence-corrected chi connectivity index (χ3v) is 3.11. The summed E-state index contributed by atoms with van der Waals surface area (Å²) in [6.07, 6.45) is -1.97. The molecule has 0 saturated carbocycles. The molecule has 1 heterocycles. The lowest BCUT2D eigenvalue weighted by molar-refractivity contribution is -0.150. The second kappa shape index (κ2) is 5.47. The van der Waals surface area contributed by atoms with Gasteiger partial charge in [0.1, 0.15) is 17.7 Å². The van der Waals surface area contributed by atoms with Crippen molar-refractivity contribution in [2.45, 2.75) is 38.3 Å². The number of Topliss-reactive ketones (excluding diaryl/α,β-unsaturated/α-hetero) is 1. The van der Waals surface area contributed by atoms with Crippen LogP contribution >= 0.6 is 0 Å². The molecule has 0 radical (unpaired) electrons. The molecular weight excluding hydrogens is 267 g/mol. The predicted octanol–water partition coefficient (Wildman–Crippen LogP) is 1.62. The van der Waals surface area contributed by atoms with Gasteiger partial charge in [-0.15, -0.1) is 0 Å². The van der Waals surface area contributed by atoms with Crippen LogP contribution in [0, 0.1) is 5.82 Å². The molecular formula is C14H17FO5. The Bertz CT molecular complexity index is 514. The van der Waals surface area contributed by atoms with Gasteiger partial charge in [0.05, 0.1) is 18.3 Å². The molecule has 2 N–H and O–H groups in total. The molecule has 6 heteroatoms. The molecule has 110 valence electrons. The second-order valence-corrected chi connectivity index (χ2v) is 5.22. The first kappa shape index (κ1) is 14.9. The van der Waals surface area contributed by atoms with Gasteiger partial charge < -0.3 is 19.7 Å². The zero-order chi connectivity index (χ0) is 14.9. The molecule has 2 atom stereocenters. The van der Waals surface area contributed by atoms with Crippen LogP contribution in [-0.2, 0) is 9.47 Å². The van der Waals surface area contributed by atoms with Crippen LogP contribution in [0.1, 0.15) is 30.6 Å². The molecule has 0 bridgehead atoms. The van der Waals surface area contributed by atoms with Crippen molar-refractivity contribution in [3.63, 3.8) is 0 Å². The fraction of sp³-hybridized carbons (Fsp3) is 0.500. The topological polar surface area (TPSA) is 76.0 Å². The van der Waals surface area contributed by atoms with Gasteiger partial charge >= 0.3 is 0 Å². The van der Waals surface area contributed by atoms with Crippen LogP contribution in [0.15, 0.2) is 18.2 Å². The van der Waals surface area contributed by atoms with Gasteiger partial charge in [0.2, 0.25) is 0 Å². The Morgan fingerprint density at radius 3 is 2.85 bits per heavy atom. The van der Waals surface area contributed by atoms with Crippen LogP contribution in [0.5, 0.6) is 5.75 Å². The highest BCUT2D eigenvalue weighted by Crippen LogP contribution is 2.27. The third kappa shape index (κ3) is 3.33. The van der Waals surface area contributed by atoms with Gasteiger partial charge in [-0.1, -0.05) is 0 Å². The summed E-state index contributed by atoms with van der Waals surface area (Å²) in [6, 6.07) is 3.10. The lowest BCUT2D eigenvalue weighted by atomic mass is 10.0. The van der Waals surface area contributed by atoms with Crippen molar-refractivity contribution in [1.29, 1.82) is 0 Å². The van der Waals surface area contributed by atoms with Crippen LogP contribution in [0.25, 0.3) is 0 Å². The number of aliphatic hydroxyl groups excluding tert-OH is 1. The van der Waals surface area contributed by atoms with Crippen molar-refractivity contribution in [3.8, 4) is 5.75 Å². The summed E-state index contributed by atoms with van der Waals surface area (Å²) in [5.41, 5.74) is -0.151. The quantitative estimate of drug-likeness (QED) is 0.822. The Kier molecular flexibility index (Phi) is 4.08. The van der Waals surface area contributed by atoms with Crippen molar-refractivity contribution < 1.29 is 28.9 Å². The third-order valence-electron chi connectivity index (χ3n) is 3.11. The first-order valence-electron chi connectivity index (χ1n) is 6.30. The average Bonchev–Trinajstić information content (AvgIpc) is 2.72. The molecule has 20 heavy (non-hydrogen) atoms. The van der Waals surface area contributed by atoms with Crippen LogP contribution in [0.2, 0.25) is 0 Å². The zero-order valence-electron chi connectivity index (χ0n) is 11.3. The fourth-order valence-electron chi connectivity index (χ4n) is 2.07. The maximum atomic E-state index is 13.1. The minimum absolute atomic E-state index is 0.151. The highest BCUT2D eigenvalue weighted by Gasteiger charge is 2.37. The van der Waals surface area contributed by atoms with Crippen molar-refractivity contribution in [3.05, 3.63) is 29.6 Å². The van der Waals surface area contributed by atoms with Crippen LogP contribution in [0.4, 0.5) is 4.39 Å². The van der Waals surface area contributed by atoms with E-state index in [0.29, 0.717) is 0 Å². The van der Waals surface area contributed by atoms with E-state index in [1.165, 1.54) is 0 Å². The first-order chi connectivity index (χ1) is 9.28. The van der Waals surface area contributed by atoms with Gasteiger partial charge in [0.15, 0.2) is 11.6 Å². The van der Waals surface area contributed by atoms with E-state index in [4.69, 9.17) is 9.47 Å². The molecule has 1 aromatic carbocycles. The largest absolute Gasteiger partial charge is 0.507 e. The summed E-state index contributed by atoms with van der Waals surface area (Å²) in [4.78, 5) is 12.0. The Morgan fingerprint density at radius 2 is 2.25 bits per heavy atom. The van der Waals surface area contributed by atoms with E-state index in [9.17, 15) is 19.4 Å². The van der Waals surface area contributed by atoms with Gasteiger partial charge in [-0.3, -0.25) is 4.79 Å². The molecule has 0 amide bonds.